The largest absolute Gasteiger partial charge is 0.351 e. The van der Waals surface area contributed by atoms with Gasteiger partial charge in [-0.15, -0.1) is 12.4 Å². The quantitative estimate of drug-likeness (QED) is 0.726. The van der Waals surface area contributed by atoms with Gasteiger partial charge in [0.1, 0.15) is 6.04 Å². The lowest BCUT2D eigenvalue weighted by Gasteiger charge is -2.32. The summed E-state index contributed by atoms with van der Waals surface area (Å²) in [6.07, 6.45) is 0.899. The van der Waals surface area contributed by atoms with Gasteiger partial charge in [0.05, 0.1) is 10.6 Å². The number of halogens is 2. The number of nitrogens with one attached hydrogen (secondary N) is 3. The van der Waals surface area contributed by atoms with Crippen molar-refractivity contribution in [2.24, 2.45) is 11.8 Å². The van der Waals surface area contributed by atoms with Crippen molar-refractivity contribution in [3.8, 4) is 0 Å². The van der Waals surface area contributed by atoms with Crippen molar-refractivity contribution in [3.63, 3.8) is 0 Å². The maximum absolute atomic E-state index is 12.7. The monoisotopic (exact) mass is 387 g/mol. The Balaban J connectivity index is 0.00000312. The SMILES string of the molecule is CC(C)C(NC(=O)c1ccccc1Cl)C(=O)NC1CCNCC1C.Cl. The van der Waals surface area contributed by atoms with Crippen molar-refractivity contribution >= 4 is 35.8 Å². The molecule has 1 saturated heterocycles. The van der Waals surface area contributed by atoms with Crippen LogP contribution >= 0.6 is 24.0 Å². The summed E-state index contributed by atoms with van der Waals surface area (Å²) in [5.41, 5.74) is 0.382. The molecule has 1 fully saturated rings. The van der Waals surface area contributed by atoms with Crippen molar-refractivity contribution in [2.75, 3.05) is 13.1 Å². The molecule has 25 heavy (non-hydrogen) atoms. The van der Waals surface area contributed by atoms with Gasteiger partial charge >= 0.3 is 0 Å². The maximum atomic E-state index is 12.7. The van der Waals surface area contributed by atoms with E-state index in [4.69, 9.17) is 11.6 Å². The average Bonchev–Trinajstić information content (AvgIpc) is 2.54. The predicted molar refractivity (Wildman–Crippen MR) is 103 cm³/mol. The molecule has 1 aromatic carbocycles. The fourth-order valence-corrected chi connectivity index (χ4v) is 3.12. The number of carbonyl (C=O) groups excluding carboxylic acids is 2. The van der Waals surface area contributed by atoms with Crippen LogP contribution in [0.4, 0.5) is 0 Å². The summed E-state index contributed by atoms with van der Waals surface area (Å²) >= 11 is 6.07. The smallest absolute Gasteiger partial charge is 0.253 e. The van der Waals surface area contributed by atoms with E-state index in [-0.39, 0.29) is 36.2 Å². The predicted octanol–water partition coefficient (Wildman–Crippen LogP) is 2.63. The van der Waals surface area contributed by atoms with Crippen LogP contribution in [0.1, 0.15) is 37.6 Å². The number of rotatable bonds is 5. The summed E-state index contributed by atoms with van der Waals surface area (Å²) in [5, 5.41) is 9.62. The molecule has 3 atom stereocenters. The molecule has 0 radical (unpaired) electrons. The van der Waals surface area contributed by atoms with Crippen LogP contribution in [0.25, 0.3) is 0 Å². The van der Waals surface area contributed by atoms with E-state index in [9.17, 15) is 9.59 Å². The molecule has 3 N–H and O–H groups in total. The van der Waals surface area contributed by atoms with Crippen LogP contribution in [0.5, 0.6) is 0 Å². The lowest BCUT2D eigenvalue weighted by atomic mass is 9.94. The molecule has 0 aromatic heterocycles. The van der Waals surface area contributed by atoms with E-state index in [1.54, 1.807) is 24.3 Å². The Morgan fingerprint density at radius 2 is 1.96 bits per heavy atom. The lowest BCUT2D eigenvalue weighted by molar-refractivity contribution is -0.125. The van der Waals surface area contributed by atoms with Gasteiger partial charge in [-0.3, -0.25) is 9.59 Å². The summed E-state index contributed by atoms with van der Waals surface area (Å²) < 4.78 is 0. The molecule has 2 amide bonds. The lowest BCUT2D eigenvalue weighted by Crippen LogP contribution is -2.55. The standard InChI is InChI=1S/C18H26ClN3O2.ClH/c1-11(2)16(18(24)21-15-8-9-20-10-12(15)3)22-17(23)13-6-4-5-7-14(13)19;/h4-7,11-12,15-16,20H,8-10H2,1-3H3,(H,21,24)(H,22,23);1H. The Hall–Kier alpha value is -1.30. The number of piperidine rings is 1. The van der Waals surface area contributed by atoms with Crippen molar-refractivity contribution < 1.29 is 9.59 Å². The fourth-order valence-electron chi connectivity index (χ4n) is 2.90. The first-order valence-electron chi connectivity index (χ1n) is 8.46. The van der Waals surface area contributed by atoms with Gasteiger partial charge in [0.15, 0.2) is 0 Å². The first kappa shape index (κ1) is 21.7. The van der Waals surface area contributed by atoms with E-state index in [2.05, 4.69) is 22.9 Å². The highest BCUT2D eigenvalue weighted by molar-refractivity contribution is 6.33. The van der Waals surface area contributed by atoms with Crippen LogP contribution in [0, 0.1) is 11.8 Å². The van der Waals surface area contributed by atoms with Crippen LogP contribution in [0.15, 0.2) is 24.3 Å². The van der Waals surface area contributed by atoms with E-state index in [1.165, 1.54) is 0 Å². The van der Waals surface area contributed by atoms with E-state index in [1.807, 2.05) is 13.8 Å². The molecule has 0 spiro atoms. The summed E-state index contributed by atoms with van der Waals surface area (Å²) in [7, 11) is 0. The molecular formula is C18H27Cl2N3O2. The number of benzene rings is 1. The van der Waals surface area contributed by atoms with Crippen molar-refractivity contribution in [2.45, 2.75) is 39.3 Å². The maximum Gasteiger partial charge on any atom is 0.253 e. The molecule has 7 heteroatoms. The first-order valence-corrected chi connectivity index (χ1v) is 8.84. The fraction of sp³-hybridized carbons (Fsp3) is 0.556. The third kappa shape index (κ3) is 5.87. The van der Waals surface area contributed by atoms with Gasteiger partial charge in [0, 0.05) is 6.04 Å². The third-order valence-corrected chi connectivity index (χ3v) is 4.80. The number of amides is 2. The van der Waals surface area contributed by atoms with Crippen molar-refractivity contribution in [3.05, 3.63) is 34.9 Å². The second-order valence-electron chi connectivity index (χ2n) is 6.76. The summed E-state index contributed by atoms with van der Waals surface area (Å²) in [6, 6.07) is 6.39. The second kappa shape index (κ2) is 10.00. The highest BCUT2D eigenvalue weighted by Gasteiger charge is 2.29. The molecule has 3 unspecified atom stereocenters. The average molecular weight is 388 g/mol. The summed E-state index contributed by atoms with van der Waals surface area (Å²) in [4.78, 5) is 25.1. The van der Waals surface area contributed by atoms with Gasteiger partial charge in [-0.25, -0.2) is 0 Å². The molecule has 0 aliphatic carbocycles. The van der Waals surface area contributed by atoms with Crippen LogP contribution in [0.2, 0.25) is 5.02 Å². The number of hydrogen-bond acceptors (Lipinski definition) is 3. The van der Waals surface area contributed by atoms with E-state index in [0.29, 0.717) is 16.5 Å². The molecule has 1 aliphatic heterocycles. The van der Waals surface area contributed by atoms with Crippen molar-refractivity contribution in [1.29, 1.82) is 0 Å². The second-order valence-corrected chi connectivity index (χ2v) is 7.17. The highest BCUT2D eigenvalue weighted by atomic mass is 35.5. The molecule has 1 aliphatic rings. The summed E-state index contributed by atoms with van der Waals surface area (Å²) in [6.45, 7) is 7.74. The first-order chi connectivity index (χ1) is 11.4. The molecule has 2 rings (SSSR count). The highest BCUT2D eigenvalue weighted by Crippen LogP contribution is 2.16. The van der Waals surface area contributed by atoms with Crippen LogP contribution in [-0.2, 0) is 4.79 Å². The zero-order valence-electron chi connectivity index (χ0n) is 14.8. The Morgan fingerprint density at radius 1 is 1.28 bits per heavy atom. The minimum Gasteiger partial charge on any atom is -0.351 e. The Kier molecular flexibility index (Phi) is 8.69. The Bertz CT molecular complexity index is 595. The zero-order chi connectivity index (χ0) is 17.7. The number of carbonyl (C=O) groups is 2. The minimum atomic E-state index is -0.587. The third-order valence-electron chi connectivity index (χ3n) is 4.47. The van der Waals surface area contributed by atoms with E-state index >= 15 is 0 Å². The van der Waals surface area contributed by atoms with E-state index in [0.717, 1.165) is 19.5 Å². The summed E-state index contributed by atoms with van der Waals surface area (Å²) in [5.74, 6) is -0.111. The van der Waals surface area contributed by atoms with E-state index < -0.39 is 6.04 Å². The molecule has 140 valence electrons. The van der Waals surface area contributed by atoms with Crippen LogP contribution < -0.4 is 16.0 Å². The molecule has 0 bridgehead atoms. The van der Waals surface area contributed by atoms with Gasteiger partial charge in [0.2, 0.25) is 5.91 Å². The van der Waals surface area contributed by atoms with Gasteiger partial charge in [-0.1, -0.05) is 44.5 Å². The van der Waals surface area contributed by atoms with Crippen molar-refractivity contribution in [1.82, 2.24) is 16.0 Å². The minimum absolute atomic E-state index is 0. The Labute approximate surface area is 160 Å². The Morgan fingerprint density at radius 3 is 2.56 bits per heavy atom. The molecule has 1 aromatic rings. The van der Waals surface area contributed by atoms with Crippen LogP contribution in [-0.4, -0.2) is 37.0 Å². The van der Waals surface area contributed by atoms with Gasteiger partial charge in [-0.05, 0) is 43.5 Å². The molecule has 0 saturated carbocycles. The normalized spacial score (nSPS) is 21.2. The van der Waals surface area contributed by atoms with Gasteiger partial charge in [0.25, 0.3) is 5.91 Å². The van der Waals surface area contributed by atoms with Gasteiger partial charge in [-0.2, -0.15) is 0 Å². The van der Waals surface area contributed by atoms with Crippen LogP contribution in [0.3, 0.4) is 0 Å². The molecule has 1 heterocycles. The van der Waals surface area contributed by atoms with Gasteiger partial charge < -0.3 is 16.0 Å². The number of hydrogen-bond donors (Lipinski definition) is 3. The molecular weight excluding hydrogens is 361 g/mol. The zero-order valence-corrected chi connectivity index (χ0v) is 16.4. The molecule has 5 nitrogen and oxygen atoms in total. The topological polar surface area (TPSA) is 70.2 Å².